The van der Waals surface area contributed by atoms with E-state index in [9.17, 15) is 9.59 Å². The molecule has 3 aromatic rings. The fourth-order valence-electron chi connectivity index (χ4n) is 3.73. The van der Waals surface area contributed by atoms with Crippen molar-refractivity contribution in [2.24, 2.45) is 0 Å². The summed E-state index contributed by atoms with van der Waals surface area (Å²) < 4.78 is 5.07. The predicted octanol–water partition coefficient (Wildman–Crippen LogP) is 1.37. The zero-order chi connectivity index (χ0) is 20.1. The van der Waals surface area contributed by atoms with E-state index in [1.165, 1.54) is 10.2 Å². The molecule has 2 aromatic heterocycles. The first-order valence-electron chi connectivity index (χ1n) is 10.2. The van der Waals surface area contributed by atoms with Crippen LogP contribution in [0.5, 0.6) is 0 Å². The maximum absolute atomic E-state index is 12.5. The van der Waals surface area contributed by atoms with Crippen LogP contribution < -0.4 is 11.0 Å². The van der Waals surface area contributed by atoms with Crippen molar-refractivity contribution in [1.82, 2.24) is 29.2 Å². The lowest BCUT2D eigenvalue weighted by Crippen LogP contribution is -2.34. The van der Waals surface area contributed by atoms with Crippen LogP contribution >= 0.6 is 0 Å². The molecule has 0 bridgehead atoms. The molecule has 0 saturated carbocycles. The van der Waals surface area contributed by atoms with Crippen LogP contribution in [-0.2, 0) is 37.3 Å². The van der Waals surface area contributed by atoms with Gasteiger partial charge in [0.1, 0.15) is 18.2 Å². The molecular formula is C21H26N6O2. The molecule has 1 N–H and O–H groups in total. The Morgan fingerprint density at radius 1 is 1.14 bits per heavy atom. The van der Waals surface area contributed by atoms with Gasteiger partial charge in [0.15, 0.2) is 0 Å². The molecule has 0 saturated heterocycles. The average Bonchev–Trinajstić information content (AvgIpc) is 3.18. The molecule has 1 aromatic carbocycles. The zero-order valence-electron chi connectivity index (χ0n) is 16.5. The van der Waals surface area contributed by atoms with E-state index in [2.05, 4.69) is 32.1 Å². The number of hydrogen-bond acceptors (Lipinski definition) is 4. The van der Waals surface area contributed by atoms with Gasteiger partial charge in [-0.05, 0) is 18.4 Å². The Labute approximate surface area is 169 Å². The molecule has 4 rings (SSSR count). The minimum absolute atomic E-state index is 0.0444. The van der Waals surface area contributed by atoms with Crippen LogP contribution in [0.2, 0.25) is 0 Å². The Morgan fingerprint density at radius 2 is 2.00 bits per heavy atom. The Hall–Kier alpha value is -3.16. The van der Waals surface area contributed by atoms with Gasteiger partial charge in [-0.25, -0.2) is 14.5 Å². The lowest BCUT2D eigenvalue weighted by atomic mass is 10.2. The minimum atomic E-state index is -0.207. The second kappa shape index (κ2) is 8.89. The predicted molar refractivity (Wildman–Crippen MR) is 109 cm³/mol. The van der Waals surface area contributed by atoms with Crippen LogP contribution in [0.15, 0.2) is 47.5 Å². The van der Waals surface area contributed by atoms with Crippen molar-refractivity contribution in [2.75, 3.05) is 6.54 Å². The number of imidazole rings is 1. The molecule has 0 fully saturated rings. The van der Waals surface area contributed by atoms with Gasteiger partial charge in [0.25, 0.3) is 0 Å². The number of carbonyl (C=O) groups is 1. The third kappa shape index (κ3) is 4.64. The van der Waals surface area contributed by atoms with Crippen molar-refractivity contribution >= 4 is 5.91 Å². The first-order valence-corrected chi connectivity index (χ1v) is 10.2. The van der Waals surface area contributed by atoms with Crippen LogP contribution in [0, 0.1) is 0 Å². The van der Waals surface area contributed by atoms with Gasteiger partial charge in [0.05, 0.1) is 0 Å². The first kappa shape index (κ1) is 19.2. The molecule has 1 aliphatic rings. The van der Waals surface area contributed by atoms with Gasteiger partial charge in [0.2, 0.25) is 5.91 Å². The van der Waals surface area contributed by atoms with Crippen LogP contribution in [-0.4, -0.2) is 36.4 Å². The van der Waals surface area contributed by atoms with E-state index >= 15 is 0 Å². The standard InChI is InChI=1S/C21H26N6O2/c28-20(16-27-21(29)26-13-6-2-5-9-19(26)24-27)23-11-10-18-22-12-14-25(18)15-17-7-3-1-4-8-17/h1,3-4,7-8,12,14H,2,5-6,9-11,13,15-16H2,(H,23,28). The van der Waals surface area contributed by atoms with Gasteiger partial charge < -0.3 is 9.88 Å². The SMILES string of the molecule is O=C(Cn1nc2n(c1=O)CCCCC2)NCCc1nccn1Cc1ccccc1. The largest absolute Gasteiger partial charge is 0.354 e. The summed E-state index contributed by atoms with van der Waals surface area (Å²) in [5.41, 5.74) is 1.02. The molecule has 29 heavy (non-hydrogen) atoms. The van der Waals surface area contributed by atoms with E-state index < -0.39 is 0 Å². The summed E-state index contributed by atoms with van der Waals surface area (Å²) >= 11 is 0. The minimum Gasteiger partial charge on any atom is -0.354 e. The van der Waals surface area contributed by atoms with E-state index in [0.29, 0.717) is 19.5 Å². The zero-order valence-corrected chi connectivity index (χ0v) is 16.5. The summed E-state index contributed by atoms with van der Waals surface area (Å²) in [7, 11) is 0. The summed E-state index contributed by atoms with van der Waals surface area (Å²) in [6.07, 6.45) is 8.29. The van der Waals surface area contributed by atoms with Gasteiger partial charge in [0, 0.05) is 44.9 Å². The second-order valence-electron chi connectivity index (χ2n) is 7.38. The Bertz CT molecular complexity index is 1020. The van der Waals surface area contributed by atoms with Crippen LogP contribution in [0.25, 0.3) is 0 Å². The topological polar surface area (TPSA) is 86.7 Å². The Morgan fingerprint density at radius 3 is 2.86 bits per heavy atom. The summed E-state index contributed by atoms with van der Waals surface area (Å²) in [6.45, 7) is 1.86. The fourth-order valence-corrected chi connectivity index (χ4v) is 3.73. The van der Waals surface area contributed by atoms with Gasteiger partial charge >= 0.3 is 5.69 Å². The molecular weight excluding hydrogens is 368 g/mol. The second-order valence-corrected chi connectivity index (χ2v) is 7.38. The number of nitrogens with one attached hydrogen (secondary N) is 1. The van der Waals surface area contributed by atoms with Crippen molar-refractivity contribution in [3.8, 4) is 0 Å². The van der Waals surface area contributed by atoms with E-state index in [1.807, 2.05) is 24.4 Å². The quantitative estimate of drug-likeness (QED) is 0.656. The monoisotopic (exact) mass is 394 g/mol. The number of carbonyl (C=O) groups excluding carboxylic acids is 1. The molecule has 0 aliphatic carbocycles. The first-order chi connectivity index (χ1) is 14.2. The highest BCUT2D eigenvalue weighted by molar-refractivity contribution is 5.75. The van der Waals surface area contributed by atoms with Crippen LogP contribution in [0.4, 0.5) is 0 Å². The maximum Gasteiger partial charge on any atom is 0.346 e. The number of aromatic nitrogens is 5. The van der Waals surface area contributed by atoms with Crippen molar-refractivity contribution in [3.63, 3.8) is 0 Å². The highest BCUT2D eigenvalue weighted by Gasteiger charge is 2.17. The molecule has 8 nitrogen and oxygen atoms in total. The summed E-state index contributed by atoms with van der Waals surface area (Å²) in [4.78, 5) is 29.2. The molecule has 3 heterocycles. The molecule has 0 radical (unpaired) electrons. The lowest BCUT2D eigenvalue weighted by molar-refractivity contribution is -0.121. The smallest absolute Gasteiger partial charge is 0.346 e. The molecule has 1 aliphatic heterocycles. The van der Waals surface area contributed by atoms with Gasteiger partial charge in [-0.3, -0.25) is 9.36 Å². The average molecular weight is 394 g/mol. The van der Waals surface area contributed by atoms with E-state index in [0.717, 1.165) is 43.9 Å². The highest BCUT2D eigenvalue weighted by atomic mass is 16.2. The number of nitrogens with zero attached hydrogens (tertiary/aromatic N) is 5. The molecule has 0 unspecified atom stereocenters. The fraction of sp³-hybridized carbons (Fsp3) is 0.429. The molecule has 152 valence electrons. The summed E-state index contributed by atoms with van der Waals surface area (Å²) in [5, 5.41) is 7.24. The normalized spacial score (nSPS) is 13.7. The van der Waals surface area contributed by atoms with Crippen LogP contribution in [0.1, 0.15) is 36.5 Å². The highest BCUT2D eigenvalue weighted by Crippen LogP contribution is 2.10. The van der Waals surface area contributed by atoms with Crippen LogP contribution in [0.3, 0.4) is 0 Å². The third-order valence-electron chi connectivity index (χ3n) is 5.24. The number of benzene rings is 1. The van der Waals surface area contributed by atoms with Gasteiger partial charge in [-0.2, -0.15) is 5.10 Å². The van der Waals surface area contributed by atoms with Gasteiger partial charge in [-0.15, -0.1) is 0 Å². The molecule has 1 amide bonds. The lowest BCUT2D eigenvalue weighted by Gasteiger charge is -2.09. The molecule has 8 heteroatoms. The van der Waals surface area contributed by atoms with E-state index in [4.69, 9.17) is 0 Å². The Kier molecular flexibility index (Phi) is 5.88. The van der Waals surface area contributed by atoms with E-state index in [-0.39, 0.29) is 18.1 Å². The number of rotatable bonds is 7. The number of hydrogen-bond donors (Lipinski definition) is 1. The van der Waals surface area contributed by atoms with Crippen molar-refractivity contribution in [1.29, 1.82) is 0 Å². The number of amides is 1. The van der Waals surface area contributed by atoms with Gasteiger partial charge in [-0.1, -0.05) is 36.8 Å². The molecule has 0 spiro atoms. The molecule has 0 atom stereocenters. The van der Waals surface area contributed by atoms with Crippen molar-refractivity contribution in [2.45, 2.75) is 51.7 Å². The summed E-state index contributed by atoms with van der Waals surface area (Å²) in [6, 6.07) is 10.2. The number of aryl methyl sites for hydroxylation is 1. The maximum atomic E-state index is 12.5. The number of fused-ring (bicyclic) bond motifs is 1. The Balaban J connectivity index is 1.30. The van der Waals surface area contributed by atoms with Crippen molar-refractivity contribution in [3.05, 3.63) is 70.4 Å². The van der Waals surface area contributed by atoms with E-state index in [1.54, 1.807) is 10.8 Å². The summed E-state index contributed by atoms with van der Waals surface area (Å²) in [5.74, 6) is 1.50. The third-order valence-corrected chi connectivity index (χ3v) is 5.24. The van der Waals surface area contributed by atoms with Crippen molar-refractivity contribution < 1.29 is 4.79 Å².